The summed E-state index contributed by atoms with van der Waals surface area (Å²) in [5, 5.41) is 14.6. The van der Waals surface area contributed by atoms with Gasteiger partial charge < -0.3 is 9.13 Å². The summed E-state index contributed by atoms with van der Waals surface area (Å²) in [7, 11) is 0. The Labute approximate surface area is 320 Å². The minimum absolute atomic E-state index is 0.0811. The summed E-state index contributed by atoms with van der Waals surface area (Å²) in [4.78, 5) is 0. The maximum atomic E-state index is 15.0. The number of aromatic nitrogens is 2. The zero-order valence-corrected chi connectivity index (χ0v) is 31.6. The van der Waals surface area contributed by atoms with E-state index in [0.29, 0.717) is 28.9 Å². The number of rotatable bonds is 3. The highest BCUT2D eigenvalue weighted by molar-refractivity contribution is 6.12. The molecule has 0 aliphatic heterocycles. The lowest BCUT2D eigenvalue weighted by molar-refractivity contribution is -0.142. The number of para-hydroxylation sites is 2. The molecule has 0 N–H and O–H groups in total. The lowest BCUT2D eigenvalue weighted by Gasteiger charge is -2.25. The molecular formula is C47H37F6N3. The summed E-state index contributed by atoms with van der Waals surface area (Å²) in [5.74, 6) is 0. The van der Waals surface area contributed by atoms with Gasteiger partial charge in [-0.1, -0.05) is 114 Å². The molecule has 56 heavy (non-hydrogen) atoms. The largest absolute Gasteiger partial charge is 0.417 e. The van der Waals surface area contributed by atoms with Crippen LogP contribution in [0, 0.1) is 11.3 Å². The van der Waals surface area contributed by atoms with Crippen LogP contribution in [0.5, 0.6) is 0 Å². The van der Waals surface area contributed by atoms with Gasteiger partial charge in [0.2, 0.25) is 0 Å². The Morgan fingerprint density at radius 1 is 0.482 bits per heavy atom. The molecule has 0 unspecified atom stereocenters. The van der Waals surface area contributed by atoms with Crippen molar-refractivity contribution in [1.29, 1.82) is 5.26 Å². The second kappa shape index (κ2) is 12.5. The van der Waals surface area contributed by atoms with Crippen molar-refractivity contribution in [3.8, 4) is 28.6 Å². The average molecular weight is 758 g/mol. The molecule has 0 spiro atoms. The van der Waals surface area contributed by atoms with Gasteiger partial charge in [-0.3, -0.25) is 0 Å². The first kappa shape index (κ1) is 36.9. The number of alkyl halides is 6. The monoisotopic (exact) mass is 757 g/mol. The first-order valence-corrected chi connectivity index (χ1v) is 18.2. The van der Waals surface area contributed by atoms with Gasteiger partial charge in [0.15, 0.2) is 0 Å². The van der Waals surface area contributed by atoms with Crippen molar-refractivity contribution < 1.29 is 26.3 Å². The van der Waals surface area contributed by atoms with Crippen LogP contribution in [-0.4, -0.2) is 9.13 Å². The molecule has 9 heteroatoms. The number of benzene rings is 6. The van der Waals surface area contributed by atoms with E-state index in [1.807, 2.05) is 92.1 Å². The highest BCUT2D eigenvalue weighted by Gasteiger charge is 2.42. The molecule has 2 heterocycles. The van der Waals surface area contributed by atoms with Crippen LogP contribution in [0.2, 0.25) is 0 Å². The van der Waals surface area contributed by atoms with Crippen molar-refractivity contribution in [3.05, 3.63) is 143 Å². The predicted octanol–water partition coefficient (Wildman–Crippen LogP) is 14.1. The molecule has 0 fully saturated rings. The zero-order chi connectivity index (χ0) is 40.1. The summed E-state index contributed by atoms with van der Waals surface area (Å²) in [6.45, 7) is 12.3. The topological polar surface area (TPSA) is 33.6 Å². The SMILES string of the molecule is CC(C)(C)c1ccc2c3ccccc3n(-c3ccc(-c4c(C(F)(F)F)cccc4C(F)(F)F)c(-n4c5ccccc5c5ccc(C(C)(C)C)cc54)c3C#N)c2c1. The van der Waals surface area contributed by atoms with E-state index in [9.17, 15) is 31.6 Å². The van der Waals surface area contributed by atoms with Gasteiger partial charge in [0.25, 0.3) is 0 Å². The Balaban J connectivity index is 1.63. The van der Waals surface area contributed by atoms with Crippen molar-refractivity contribution in [1.82, 2.24) is 9.13 Å². The Kier molecular flexibility index (Phi) is 8.25. The zero-order valence-electron chi connectivity index (χ0n) is 31.6. The number of fused-ring (bicyclic) bond motifs is 6. The van der Waals surface area contributed by atoms with Crippen LogP contribution in [0.25, 0.3) is 66.1 Å². The molecule has 282 valence electrons. The summed E-state index contributed by atoms with van der Waals surface area (Å²) >= 11 is 0. The first-order valence-electron chi connectivity index (χ1n) is 18.2. The maximum absolute atomic E-state index is 15.0. The quantitative estimate of drug-likeness (QED) is 0.165. The second-order valence-electron chi connectivity index (χ2n) is 16.4. The maximum Gasteiger partial charge on any atom is 0.417 e. The van der Waals surface area contributed by atoms with Crippen LogP contribution < -0.4 is 0 Å². The third-order valence-corrected chi connectivity index (χ3v) is 10.8. The molecule has 0 bridgehead atoms. The van der Waals surface area contributed by atoms with Gasteiger partial charge in [-0.15, -0.1) is 0 Å². The fourth-order valence-corrected chi connectivity index (χ4v) is 8.00. The van der Waals surface area contributed by atoms with Crippen molar-refractivity contribution >= 4 is 43.6 Å². The number of halogens is 6. The Morgan fingerprint density at radius 2 is 0.929 bits per heavy atom. The van der Waals surface area contributed by atoms with E-state index in [-0.39, 0.29) is 27.6 Å². The van der Waals surface area contributed by atoms with Crippen molar-refractivity contribution in [2.24, 2.45) is 0 Å². The molecule has 0 saturated heterocycles. The first-order chi connectivity index (χ1) is 26.3. The second-order valence-corrected chi connectivity index (χ2v) is 16.4. The van der Waals surface area contributed by atoms with E-state index in [1.165, 1.54) is 12.1 Å². The van der Waals surface area contributed by atoms with E-state index in [4.69, 9.17) is 0 Å². The third-order valence-electron chi connectivity index (χ3n) is 10.8. The van der Waals surface area contributed by atoms with Crippen LogP contribution in [0.1, 0.15) is 69.4 Å². The minimum Gasteiger partial charge on any atom is -0.308 e. The molecule has 8 rings (SSSR count). The molecule has 0 amide bonds. The molecule has 6 aromatic carbocycles. The highest BCUT2D eigenvalue weighted by Crippen LogP contribution is 2.49. The van der Waals surface area contributed by atoms with Crippen LogP contribution in [0.3, 0.4) is 0 Å². The highest BCUT2D eigenvalue weighted by atomic mass is 19.4. The Morgan fingerprint density at radius 3 is 1.39 bits per heavy atom. The van der Waals surface area contributed by atoms with Gasteiger partial charge in [-0.2, -0.15) is 31.6 Å². The van der Waals surface area contributed by atoms with Crippen LogP contribution >= 0.6 is 0 Å². The van der Waals surface area contributed by atoms with E-state index >= 15 is 0 Å². The Hall–Kier alpha value is -6.01. The van der Waals surface area contributed by atoms with Crippen LogP contribution in [0.15, 0.2) is 115 Å². The number of hydrogen-bond acceptors (Lipinski definition) is 1. The van der Waals surface area contributed by atoms with Gasteiger partial charge in [0.05, 0.1) is 44.6 Å². The van der Waals surface area contributed by atoms with Crippen molar-refractivity contribution in [2.75, 3.05) is 0 Å². The molecular weight excluding hydrogens is 721 g/mol. The molecule has 3 nitrogen and oxygen atoms in total. The minimum atomic E-state index is -5.16. The van der Waals surface area contributed by atoms with Crippen LogP contribution in [-0.2, 0) is 23.2 Å². The van der Waals surface area contributed by atoms with Crippen LogP contribution in [0.4, 0.5) is 26.3 Å². The van der Waals surface area contributed by atoms with Gasteiger partial charge in [-0.25, -0.2) is 0 Å². The third kappa shape index (κ3) is 5.82. The molecule has 8 aromatic rings. The smallest absolute Gasteiger partial charge is 0.308 e. The molecule has 0 radical (unpaired) electrons. The predicted molar refractivity (Wildman–Crippen MR) is 213 cm³/mol. The van der Waals surface area contributed by atoms with Gasteiger partial charge in [0, 0.05) is 32.7 Å². The summed E-state index contributed by atoms with van der Waals surface area (Å²) in [6.07, 6.45) is -10.3. The standard InChI is InChI=1S/C47H37F6N3/c1-44(2,3)27-18-20-31-29-12-7-9-16-37(29)55(40(31)24-27)39-23-22-33(42-35(46(48,49)50)14-11-15-36(42)47(51,52)53)43(34(39)26-54)56-38-17-10-8-13-30(38)32-21-19-28(25-41(32)56)45(4,5)6/h7-25H,1-6H3. The van der Waals surface area contributed by atoms with Gasteiger partial charge in [-0.05, 0) is 64.4 Å². The summed E-state index contributed by atoms with van der Waals surface area (Å²) in [6, 6.07) is 34.0. The van der Waals surface area contributed by atoms with Gasteiger partial charge in [0.1, 0.15) is 11.6 Å². The number of nitriles is 1. The summed E-state index contributed by atoms with van der Waals surface area (Å²) < 4.78 is 93.5. The van der Waals surface area contributed by atoms with E-state index in [0.717, 1.165) is 49.8 Å². The lowest BCUT2D eigenvalue weighted by Crippen LogP contribution is -2.16. The molecule has 0 aliphatic rings. The molecule has 0 aliphatic carbocycles. The van der Waals surface area contributed by atoms with Gasteiger partial charge >= 0.3 is 12.4 Å². The number of nitrogens with zero attached hydrogens (tertiary/aromatic N) is 3. The van der Waals surface area contributed by atoms with E-state index in [1.54, 1.807) is 16.7 Å². The number of hydrogen-bond donors (Lipinski definition) is 0. The summed E-state index contributed by atoms with van der Waals surface area (Å²) in [5.41, 5.74) is -0.323. The van der Waals surface area contributed by atoms with Crippen molar-refractivity contribution in [2.45, 2.75) is 64.7 Å². The molecule has 0 saturated carbocycles. The molecule has 2 aromatic heterocycles. The fraction of sp³-hybridized carbons (Fsp3) is 0.213. The average Bonchev–Trinajstić information content (AvgIpc) is 3.64. The van der Waals surface area contributed by atoms with Crippen molar-refractivity contribution in [3.63, 3.8) is 0 Å². The fourth-order valence-electron chi connectivity index (χ4n) is 8.00. The molecule has 0 atom stereocenters. The van der Waals surface area contributed by atoms with E-state index in [2.05, 4.69) is 32.9 Å². The van der Waals surface area contributed by atoms with E-state index < -0.39 is 29.0 Å². The normalized spacial score (nSPS) is 13.0. The Bertz CT molecular complexity index is 2890. The lowest BCUT2D eigenvalue weighted by atomic mass is 9.86.